The number of nitrogens with two attached hydrogens (primary N) is 1. The Bertz CT molecular complexity index is 313. The highest BCUT2D eigenvalue weighted by Crippen LogP contribution is 2.19. The summed E-state index contributed by atoms with van der Waals surface area (Å²) < 4.78 is 5.13. The maximum atomic E-state index is 11.5. The van der Waals surface area contributed by atoms with Crippen molar-refractivity contribution in [3.63, 3.8) is 0 Å². The minimum absolute atomic E-state index is 0.111. The SMILES string of the molecule is NCC[C@H]1CN(C2=CNCC=N2)C(=O)O1. The van der Waals surface area contributed by atoms with Crippen LogP contribution in [0.2, 0.25) is 0 Å². The Morgan fingerprint density at radius 2 is 2.60 bits per heavy atom. The van der Waals surface area contributed by atoms with E-state index in [0.717, 1.165) is 0 Å². The molecule has 1 fully saturated rings. The molecule has 0 radical (unpaired) electrons. The summed E-state index contributed by atoms with van der Waals surface area (Å²) in [7, 11) is 0. The van der Waals surface area contributed by atoms with E-state index in [1.807, 2.05) is 0 Å². The third-order valence-corrected chi connectivity index (χ3v) is 2.30. The molecule has 0 unspecified atom stereocenters. The number of nitrogens with one attached hydrogen (secondary N) is 1. The molecular formula is C9H14N4O2. The highest BCUT2D eigenvalue weighted by atomic mass is 16.6. The number of nitrogens with zero attached hydrogens (tertiary/aromatic N) is 2. The molecule has 0 aromatic heterocycles. The van der Waals surface area contributed by atoms with Crippen molar-refractivity contribution < 1.29 is 9.53 Å². The first-order valence-corrected chi connectivity index (χ1v) is 4.95. The molecule has 6 heteroatoms. The summed E-state index contributed by atoms with van der Waals surface area (Å²) in [6, 6.07) is 0. The molecule has 0 aromatic carbocycles. The van der Waals surface area contributed by atoms with Crippen LogP contribution in [0.5, 0.6) is 0 Å². The monoisotopic (exact) mass is 210 g/mol. The van der Waals surface area contributed by atoms with Crippen molar-refractivity contribution in [3.8, 4) is 0 Å². The normalized spacial score (nSPS) is 24.9. The lowest BCUT2D eigenvalue weighted by Gasteiger charge is -2.15. The number of amides is 1. The fourth-order valence-corrected chi connectivity index (χ4v) is 1.57. The van der Waals surface area contributed by atoms with Gasteiger partial charge in [0.05, 0.1) is 6.54 Å². The Labute approximate surface area is 87.8 Å². The summed E-state index contributed by atoms with van der Waals surface area (Å²) in [6.07, 6.45) is 3.67. The van der Waals surface area contributed by atoms with Crippen molar-refractivity contribution in [1.29, 1.82) is 0 Å². The number of hydrogen-bond donors (Lipinski definition) is 2. The molecule has 0 aromatic rings. The Morgan fingerprint density at radius 3 is 3.27 bits per heavy atom. The molecule has 2 rings (SSSR count). The summed E-state index contributed by atoms with van der Waals surface area (Å²) in [5.74, 6) is 0.603. The quantitative estimate of drug-likeness (QED) is 0.666. The first-order valence-electron chi connectivity index (χ1n) is 4.95. The van der Waals surface area contributed by atoms with Gasteiger partial charge < -0.3 is 15.8 Å². The number of carbonyl (C=O) groups excluding carboxylic acids is 1. The van der Waals surface area contributed by atoms with Gasteiger partial charge in [-0.15, -0.1) is 0 Å². The van der Waals surface area contributed by atoms with Crippen LogP contribution in [-0.4, -0.2) is 42.9 Å². The van der Waals surface area contributed by atoms with E-state index in [2.05, 4.69) is 10.3 Å². The smallest absolute Gasteiger partial charge is 0.415 e. The highest BCUT2D eigenvalue weighted by molar-refractivity contribution is 5.73. The molecule has 6 nitrogen and oxygen atoms in total. The van der Waals surface area contributed by atoms with Crippen LogP contribution in [0, 0.1) is 0 Å². The van der Waals surface area contributed by atoms with Crippen molar-refractivity contribution in [2.75, 3.05) is 19.6 Å². The van der Waals surface area contributed by atoms with Gasteiger partial charge >= 0.3 is 6.09 Å². The van der Waals surface area contributed by atoms with E-state index in [-0.39, 0.29) is 12.2 Å². The van der Waals surface area contributed by atoms with Gasteiger partial charge in [-0.2, -0.15) is 0 Å². The van der Waals surface area contributed by atoms with E-state index in [4.69, 9.17) is 10.5 Å². The van der Waals surface area contributed by atoms with Crippen LogP contribution in [-0.2, 0) is 4.74 Å². The molecule has 1 saturated heterocycles. The first-order chi connectivity index (χ1) is 7.31. The number of hydrogen-bond acceptors (Lipinski definition) is 5. The summed E-state index contributed by atoms with van der Waals surface area (Å²) in [6.45, 7) is 1.74. The second-order valence-electron chi connectivity index (χ2n) is 3.42. The van der Waals surface area contributed by atoms with E-state index in [1.165, 1.54) is 4.90 Å². The predicted molar refractivity (Wildman–Crippen MR) is 55.2 cm³/mol. The summed E-state index contributed by atoms with van der Waals surface area (Å²) in [4.78, 5) is 17.1. The molecule has 0 bridgehead atoms. The van der Waals surface area contributed by atoms with Gasteiger partial charge in [0.15, 0.2) is 5.82 Å². The number of cyclic esters (lactones) is 1. The van der Waals surface area contributed by atoms with Gasteiger partial charge in [-0.05, 0) is 13.0 Å². The standard InChI is InChI=1S/C9H14N4O2/c10-2-1-7-6-13(9(14)15-7)8-5-11-3-4-12-8/h4-5,7,11H,1-3,6,10H2/t7-/m0/s1. The highest BCUT2D eigenvalue weighted by Gasteiger charge is 2.33. The van der Waals surface area contributed by atoms with E-state index in [0.29, 0.717) is 31.9 Å². The largest absolute Gasteiger partial charge is 0.444 e. The average molecular weight is 210 g/mol. The maximum Gasteiger partial charge on any atom is 0.415 e. The summed E-state index contributed by atoms with van der Waals surface area (Å²) in [5.41, 5.74) is 5.41. The number of carbonyl (C=O) groups is 1. The molecule has 82 valence electrons. The fraction of sp³-hybridized carbons (Fsp3) is 0.556. The van der Waals surface area contributed by atoms with E-state index < -0.39 is 0 Å². The van der Waals surface area contributed by atoms with Crippen LogP contribution >= 0.6 is 0 Å². The van der Waals surface area contributed by atoms with Crippen LogP contribution < -0.4 is 11.1 Å². The van der Waals surface area contributed by atoms with Crippen molar-refractivity contribution in [2.45, 2.75) is 12.5 Å². The second kappa shape index (κ2) is 4.31. The van der Waals surface area contributed by atoms with E-state index in [9.17, 15) is 4.79 Å². The summed E-state index contributed by atoms with van der Waals surface area (Å²) in [5, 5.41) is 2.99. The van der Waals surface area contributed by atoms with Crippen LogP contribution in [0.25, 0.3) is 0 Å². The zero-order chi connectivity index (χ0) is 10.7. The van der Waals surface area contributed by atoms with Crippen molar-refractivity contribution in [2.24, 2.45) is 10.7 Å². The van der Waals surface area contributed by atoms with Crippen LogP contribution in [0.15, 0.2) is 17.0 Å². The lowest BCUT2D eigenvalue weighted by atomic mass is 10.2. The zero-order valence-corrected chi connectivity index (χ0v) is 8.35. The Kier molecular flexibility index (Phi) is 2.86. The topological polar surface area (TPSA) is 80.0 Å². The van der Waals surface area contributed by atoms with E-state index in [1.54, 1.807) is 12.4 Å². The van der Waals surface area contributed by atoms with Crippen molar-refractivity contribution in [3.05, 3.63) is 12.0 Å². The second-order valence-corrected chi connectivity index (χ2v) is 3.42. The third-order valence-electron chi connectivity index (χ3n) is 2.30. The maximum absolute atomic E-state index is 11.5. The van der Waals surface area contributed by atoms with Crippen molar-refractivity contribution in [1.82, 2.24) is 10.2 Å². The number of rotatable bonds is 3. The van der Waals surface area contributed by atoms with Gasteiger partial charge in [0.2, 0.25) is 0 Å². The van der Waals surface area contributed by atoms with Crippen molar-refractivity contribution >= 4 is 12.3 Å². The minimum atomic E-state index is -0.347. The van der Waals surface area contributed by atoms with Gasteiger partial charge in [0.25, 0.3) is 0 Å². The third kappa shape index (κ3) is 2.10. The summed E-state index contributed by atoms with van der Waals surface area (Å²) >= 11 is 0. The lowest BCUT2D eigenvalue weighted by Crippen LogP contribution is -2.28. The number of ether oxygens (including phenoxy) is 1. The molecular weight excluding hydrogens is 196 g/mol. The molecule has 3 N–H and O–H groups in total. The van der Waals surface area contributed by atoms with Gasteiger partial charge in [-0.1, -0.05) is 0 Å². The number of aliphatic imine (C=N–C) groups is 1. The molecule has 0 spiro atoms. The molecule has 15 heavy (non-hydrogen) atoms. The average Bonchev–Trinajstić information content (AvgIpc) is 2.61. The molecule has 2 heterocycles. The molecule has 0 aliphatic carbocycles. The van der Waals surface area contributed by atoms with Crippen LogP contribution in [0.3, 0.4) is 0 Å². The van der Waals surface area contributed by atoms with E-state index >= 15 is 0 Å². The predicted octanol–water partition coefficient (Wildman–Crippen LogP) is -0.371. The zero-order valence-electron chi connectivity index (χ0n) is 8.35. The van der Waals surface area contributed by atoms with Gasteiger partial charge in [-0.3, -0.25) is 4.90 Å². The Balaban J connectivity index is 2.01. The molecule has 2 aliphatic heterocycles. The fourth-order valence-electron chi connectivity index (χ4n) is 1.57. The van der Waals surface area contributed by atoms with Crippen LogP contribution in [0.4, 0.5) is 4.79 Å². The van der Waals surface area contributed by atoms with Crippen LogP contribution in [0.1, 0.15) is 6.42 Å². The Hall–Kier alpha value is -1.56. The first kappa shape index (κ1) is 9.97. The lowest BCUT2D eigenvalue weighted by molar-refractivity contribution is 0.132. The van der Waals surface area contributed by atoms with Gasteiger partial charge in [0, 0.05) is 19.0 Å². The van der Waals surface area contributed by atoms with Gasteiger partial charge in [0.1, 0.15) is 6.10 Å². The Morgan fingerprint density at radius 1 is 1.73 bits per heavy atom. The molecule has 2 aliphatic rings. The molecule has 1 atom stereocenters. The molecule has 0 saturated carbocycles. The molecule has 1 amide bonds. The minimum Gasteiger partial charge on any atom is -0.444 e. The van der Waals surface area contributed by atoms with Gasteiger partial charge in [-0.25, -0.2) is 9.79 Å².